The van der Waals surface area contributed by atoms with Gasteiger partial charge in [0.2, 0.25) is 11.3 Å². The van der Waals surface area contributed by atoms with Gasteiger partial charge in [0.15, 0.2) is 17.6 Å². The summed E-state index contributed by atoms with van der Waals surface area (Å²) in [5.41, 5.74) is 0.0775. The molecule has 4 heterocycles. The third-order valence-corrected chi connectivity index (χ3v) is 16.2. The maximum Gasteiger partial charge on any atom is 0.430 e. The molecule has 18 heteroatoms. The molecule has 2 aliphatic rings. The Kier molecular flexibility index (Phi) is 28.6. The molecule has 4 aromatic rings. The Morgan fingerprint density at radius 2 is 1.08 bits per heavy atom. The lowest BCUT2D eigenvalue weighted by atomic mass is 9.94. The summed E-state index contributed by atoms with van der Waals surface area (Å²) in [6.07, 6.45) is 23.6. The second-order valence-corrected chi connectivity index (χ2v) is 23.0. The van der Waals surface area contributed by atoms with Gasteiger partial charge in [0, 0.05) is 81.0 Å². The predicted molar refractivity (Wildman–Crippen MR) is 349 cm³/mol. The average molecular weight is 1230 g/mol. The number of nitriles is 4. The van der Waals surface area contributed by atoms with Gasteiger partial charge >= 0.3 is 6.18 Å². The lowest BCUT2D eigenvalue weighted by molar-refractivity contribution is -0.236. The first-order chi connectivity index (χ1) is 42.2. The number of unbranched alkanes of at least 4 members (excludes halogenated alkanes) is 4. The lowest BCUT2D eigenvalue weighted by Gasteiger charge is -2.29. The molecule has 0 saturated carbocycles. The number of ether oxygens (including phenoxy) is 4. The van der Waals surface area contributed by atoms with Crippen molar-refractivity contribution in [2.45, 2.75) is 124 Å². The number of aldehydes is 1. The van der Waals surface area contributed by atoms with Gasteiger partial charge < -0.3 is 28.7 Å². The molecule has 0 N–H and O–H groups in total. The van der Waals surface area contributed by atoms with E-state index in [0.717, 1.165) is 114 Å². The van der Waals surface area contributed by atoms with Gasteiger partial charge in [-0.2, -0.15) is 29.0 Å². The lowest BCUT2D eigenvalue weighted by Crippen LogP contribution is -2.43. The average Bonchev–Trinajstić information content (AvgIpc) is 2.05. The smallest absolute Gasteiger partial charge is 0.430 e. The van der Waals surface area contributed by atoms with Gasteiger partial charge in [-0.05, 0) is 126 Å². The van der Waals surface area contributed by atoms with Gasteiger partial charge in [-0.25, -0.2) is 15.0 Å². The number of carbonyl (C=O) groups excluding carboxylic acids is 1. The molecule has 0 radical (unpaired) electrons. The van der Waals surface area contributed by atoms with Gasteiger partial charge in [0.25, 0.3) is 5.70 Å². The highest BCUT2D eigenvalue weighted by atomic mass is 32.1. The molecule has 0 aliphatic carbocycles. The van der Waals surface area contributed by atoms with E-state index in [4.69, 9.17) is 47.9 Å². The Morgan fingerprint density at radius 3 is 1.45 bits per heavy atom. The van der Waals surface area contributed by atoms with Crippen LogP contribution in [-0.2, 0) is 9.47 Å². The predicted octanol–water partition coefficient (Wildman–Crippen LogP) is 18.7. The Bertz CT molecular complexity index is 3580. The van der Waals surface area contributed by atoms with Crippen molar-refractivity contribution in [3.05, 3.63) is 190 Å². The SMILES string of the molecule is CC1=C(C#N)C(=C(C#N)C#N)OC1(C)C.CCCCN(CCCC)c1ccc(/C=C/C=C/c2ccc(C=O)s2)c(OC)c1.[C-]#[N+]C1=C(/C=C/c2ccc(/C=C/C=C/c3ccc(N(CCCC)CCCC)cc3OC)s2)C(C)(C(F)(F)F)O/C1=C(\C#N)[N+]#[C-]. The van der Waals surface area contributed by atoms with Crippen LogP contribution in [0.4, 0.5) is 24.5 Å². The van der Waals surface area contributed by atoms with Crippen LogP contribution in [0, 0.1) is 58.5 Å². The molecule has 0 saturated heterocycles. The van der Waals surface area contributed by atoms with Crippen LogP contribution in [-0.4, -0.2) is 64.1 Å². The van der Waals surface area contributed by atoms with Crippen LogP contribution in [0.15, 0.2) is 136 Å². The van der Waals surface area contributed by atoms with E-state index >= 15 is 0 Å². The van der Waals surface area contributed by atoms with Crippen molar-refractivity contribution in [1.29, 1.82) is 21.0 Å². The zero-order chi connectivity index (χ0) is 64.9. The Labute approximate surface area is 525 Å². The fourth-order valence-corrected chi connectivity index (χ4v) is 10.4. The highest BCUT2D eigenvalue weighted by molar-refractivity contribution is 7.14. The fraction of sp³-hybridized carbons (Fsp3) is 0.357. The molecule has 1 atom stereocenters. The van der Waals surface area contributed by atoms with E-state index in [1.165, 1.54) is 72.3 Å². The zero-order valence-corrected chi connectivity index (χ0v) is 53.3. The zero-order valence-electron chi connectivity index (χ0n) is 51.7. The van der Waals surface area contributed by atoms with Crippen LogP contribution in [0.5, 0.6) is 11.5 Å². The number of hydrogen-bond acceptors (Lipinski definition) is 13. The molecular weight excluding hydrogens is 1150 g/mol. The molecular formula is C70H75F3N8O5S2. The van der Waals surface area contributed by atoms with Crippen molar-refractivity contribution in [2.24, 2.45) is 0 Å². The minimum atomic E-state index is -4.89. The molecule has 0 fully saturated rings. The monoisotopic (exact) mass is 1230 g/mol. The standard InChI is InChI=1S/C35H35F3N4O2S.C24H31NO2S.C11H9N3O/c1-7-9-21-42(22-10-8-2)26-16-15-25(31(23-26)43-6)13-11-12-14-27-17-18-28(45-27)19-20-29-32(41-5)33(30(24-39)40-4)44-34(29,3)35(36,37)38;1-4-6-16-25(17-7-5-2)21-13-12-20(24(18-21)27-3)10-8-9-11-22-14-15-23(19-26)28-22;1-7-9(6-14)10(8(4-12)5-13)15-11(7,2)3/h11-20,23H,7-10,21-22H2,1-3,6H3;8-15,18-19H,4-7,16-17H2,1-3H3;1-3H3/b13-11+,14-12+,20-19+,33-30+;10-8+,11-9+;. The maximum atomic E-state index is 14.1. The second kappa shape index (κ2) is 35.4. The van der Waals surface area contributed by atoms with Crippen molar-refractivity contribution in [3.8, 4) is 35.8 Å². The summed E-state index contributed by atoms with van der Waals surface area (Å²) in [4.78, 5) is 25.1. The van der Waals surface area contributed by atoms with E-state index < -0.39 is 40.1 Å². The number of methoxy groups -OCH3 is 2. The van der Waals surface area contributed by atoms with Crippen LogP contribution in [0.25, 0.3) is 40.1 Å². The van der Waals surface area contributed by atoms with E-state index in [1.807, 2.05) is 72.9 Å². The number of hydrogen-bond donors (Lipinski definition) is 0. The number of benzene rings is 2. The van der Waals surface area contributed by atoms with Crippen LogP contribution < -0.4 is 19.3 Å². The number of anilines is 2. The third-order valence-electron chi connectivity index (χ3n) is 14.2. The summed E-state index contributed by atoms with van der Waals surface area (Å²) in [5, 5.41) is 35.6. The summed E-state index contributed by atoms with van der Waals surface area (Å²) in [5.74, 6) is 1.12. The van der Waals surface area contributed by atoms with E-state index in [0.29, 0.717) is 4.88 Å². The van der Waals surface area contributed by atoms with Crippen molar-refractivity contribution in [1.82, 2.24) is 0 Å². The molecule has 0 spiro atoms. The summed E-state index contributed by atoms with van der Waals surface area (Å²) in [6.45, 7) is 33.7. The first kappa shape index (κ1) is 71.2. The molecule has 2 aliphatic heterocycles. The van der Waals surface area contributed by atoms with Crippen LogP contribution >= 0.6 is 22.7 Å². The van der Waals surface area contributed by atoms with E-state index in [-0.39, 0.29) is 16.9 Å². The van der Waals surface area contributed by atoms with Gasteiger partial charge in [-0.15, -0.1) is 22.7 Å². The minimum absolute atomic E-state index is 0.102. The summed E-state index contributed by atoms with van der Waals surface area (Å²) >= 11 is 2.83. The van der Waals surface area contributed by atoms with Crippen LogP contribution in [0.2, 0.25) is 0 Å². The fourth-order valence-electron chi connectivity index (χ4n) is 8.85. The number of allylic oxidation sites excluding steroid dienone is 7. The molecule has 88 heavy (non-hydrogen) atoms. The number of alkyl halides is 3. The van der Waals surface area contributed by atoms with Crippen LogP contribution in [0.1, 0.15) is 142 Å². The second-order valence-electron chi connectivity index (χ2n) is 20.7. The summed E-state index contributed by atoms with van der Waals surface area (Å²) in [6, 6.07) is 27.0. The van der Waals surface area contributed by atoms with Gasteiger partial charge in [-0.3, -0.25) is 4.79 Å². The summed E-state index contributed by atoms with van der Waals surface area (Å²) < 4.78 is 64.0. The third kappa shape index (κ3) is 19.4. The van der Waals surface area contributed by atoms with E-state index in [9.17, 15) is 23.2 Å². The molecule has 6 rings (SSSR count). The van der Waals surface area contributed by atoms with E-state index in [2.05, 4.69) is 83.6 Å². The molecule has 13 nitrogen and oxygen atoms in total. The molecule has 1 unspecified atom stereocenters. The number of thiophene rings is 2. The molecule has 458 valence electrons. The maximum absolute atomic E-state index is 14.1. The highest BCUT2D eigenvalue weighted by Gasteiger charge is 2.60. The number of carbonyl (C=O) groups is 1. The quantitative estimate of drug-likeness (QED) is 0.0268. The molecule has 2 aromatic carbocycles. The van der Waals surface area contributed by atoms with Crippen molar-refractivity contribution < 1.29 is 36.9 Å². The largest absolute Gasteiger partial charge is 0.496 e. The van der Waals surface area contributed by atoms with E-state index in [1.54, 1.807) is 53.2 Å². The van der Waals surface area contributed by atoms with Gasteiger partial charge in [-0.1, -0.05) is 95.9 Å². The van der Waals surface area contributed by atoms with Gasteiger partial charge in [0.1, 0.15) is 41.1 Å². The first-order valence-corrected chi connectivity index (χ1v) is 30.5. The minimum Gasteiger partial charge on any atom is -0.496 e. The molecule has 0 bridgehead atoms. The molecule has 0 amide bonds. The normalized spacial score (nSPS) is 15.7. The van der Waals surface area contributed by atoms with Crippen LogP contribution in [0.3, 0.4) is 0 Å². The topological polar surface area (TPSA) is 164 Å². The Balaban J connectivity index is 0.000000324. The molecule has 2 aromatic heterocycles. The summed E-state index contributed by atoms with van der Waals surface area (Å²) in [7, 11) is 3.38. The van der Waals surface area contributed by atoms with Crippen molar-refractivity contribution in [2.75, 3.05) is 50.2 Å². The number of rotatable bonds is 25. The Morgan fingerprint density at radius 1 is 0.636 bits per heavy atom. The van der Waals surface area contributed by atoms with Crippen molar-refractivity contribution >= 4 is 70.7 Å². The number of nitrogens with zero attached hydrogens (tertiary/aromatic N) is 8. The van der Waals surface area contributed by atoms with Crippen molar-refractivity contribution in [3.63, 3.8) is 0 Å². The Hall–Kier alpha value is -9.30. The van der Waals surface area contributed by atoms with Gasteiger partial charge in [0.05, 0.1) is 43.9 Å². The highest BCUT2D eigenvalue weighted by Crippen LogP contribution is 2.50. The first-order valence-electron chi connectivity index (χ1n) is 28.9. The number of halogens is 3.